The second kappa shape index (κ2) is 6.10. The first-order valence-electron chi connectivity index (χ1n) is 5.53. The number of allylic oxidation sites excluding steroid dienone is 1. The van der Waals surface area contributed by atoms with Crippen LogP contribution in [-0.2, 0) is 11.2 Å². The number of rotatable bonds is 5. The molecule has 1 aromatic rings. The van der Waals surface area contributed by atoms with Crippen LogP contribution in [0, 0.1) is 13.8 Å². The molecule has 0 saturated heterocycles. The largest absolute Gasteiger partial charge is 0.356 e. The molecule has 4 heteroatoms. The zero-order valence-electron chi connectivity index (χ0n) is 10.1. The molecule has 88 valence electrons. The molecular weight excluding hydrogens is 202 g/mol. The summed E-state index contributed by atoms with van der Waals surface area (Å²) in [6, 6.07) is 0. The molecule has 0 aliphatic rings. The van der Waals surface area contributed by atoms with Gasteiger partial charge in [0.15, 0.2) is 0 Å². The van der Waals surface area contributed by atoms with Crippen LogP contribution >= 0.6 is 0 Å². The average Bonchev–Trinajstić information content (AvgIpc) is 2.56. The molecule has 0 saturated carbocycles. The van der Waals surface area contributed by atoms with Crippen LogP contribution in [0.15, 0.2) is 12.2 Å². The third-order valence-electron chi connectivity index (χ3n) is 2.49. The van der Waals surface area contributed by atoms with E-state index in [0.717, 1.165) is 23.4 Å². The number of nitrogens with one attached hydrogen (secondary N) is 2. The first-order valence-corrected chi connectivity index (χ1v) is 5.53. The Kier molecular flexibility index (Phi) is 4.76. The SMILES string of the molecule is C/C=C/CCNC(=O)Cc1c(C)n[nH]c1C. The number of amides is 1. The molecule has 0 bridgehead atoms. The minimum Gasteiger partial charge on any atom is -0.356 e. The van der Waals surface area contributed by atoms with Gasteiger partial charge in [0.2, 0.25) is 5.91 Å². The molecule has 1 heterocycles. The van der Waals surface area contributed by atoms with Crippen LogP contribution in [-0.4, -0.2) is 22.6 Å². The number of aryl methyl sites for hydroxylation is 2. The predicted octanol–water partition coefficient (Wildman–Crippen LogP) is 1.65. The lowest BCUT2D eigenvalue weighted by atomic mass is 10.1. The molecule has 1 amide bonds. The maximum atomic E-state index is 11.6. The van der Waals surface area contributed by atoms with E-state index in [0.29, 0.717) is 13.0 Å². The van der Waals surface area contributed by atoms with Crippen molar-refractivity contribution in [1.29, 1.82) is 0 Å². The summed E-state index contributed by atoms with van der Waals surface area (Å²) in [5.41, 5.74) is 2.88. The van der Waals surface area contributed by atoms with Crippen LogP contribution in [0.2, 0.25) is 0 Å². The van der Waals surface area contributed by atoms with Crippen molar-refractivity contribution in [3.63, 3.8) is 0 Å². The normalized spacial score (nSPS) is 10.9. The number of H-pyrrole nitrogens is 1. The highest BCUT2D eigenvalue weighted by molar-refractivity contribution is 5.79. The molecule has 0 aromatic carbocycles. The van der Waals surface area contributed by atoms with Crippen molar-refractivity contribution in [1.82, 2.24) is 15.5 Å². The lowest BCUT2D eigenvalue weighted by Crippen LogP contribution is -2.26. The van der Waals surface area contributed by atoms with E-state index in [2.05, 4.69) is 15.5 Å². The van der Waals surface area contributed by atoms with Crippen molar-refractivity contribution in [3.8, 4) is 0 Å². The van der Waals surface area contributed by atoms with Crippen molar-refractivity contribution in [2.24, 2.45) is 0 Å². The fraction of sp³-hybridized carbons (Fsp3) is 0.500. The summed E-state index contributed by atoms with van der Waals surface area (Å²) in [7, 11) is 0. The molecule has 0 aliphatic heterocycles. The van der Waals surface area contributed by atoms with Crippen molar-refractivity contribution < 1.29 is 4.79 Å². The van der Waals surface area contributed by atoms with Gasteiger partial charge in [0, 0.05) is 17.8 Å². The monoisotopic (exact) mass is 221 g/mol. The van der Waals surface area contributed by atoms with Gasteiger partial charge in [-0.2, -0.15) is 5.10 Å². The van der Waals surface area contributed by atoms with E-state index < -0.39 is 0 Å². The van der Waals surface area contributed by atoms with Gasteiger partial charge < -0.3 is 5.32 Å². The van der Waals surface area contributed by atoms with E-state index >= 15 is 0 Å². The Morgan fingerprint density at radius 2 is 2.25 bits per heavy atom. The molecule has 1 rings (SSSR count). The summed E-state index contributed by atoms with van der Waals surface area (Å²) in [5.74, 6) is 0.0529. The van der Waals surface area contributed by atoms with Crippen LogP contribution < -0.4 is 5.32 Å². The Labute approximate surface area is 96.1 Å². The molecule has 16 heavy (non-hydrogen) atoms. The topological polar surface area (TPSA) is 57.8 Å². The standard InChI is InChI=1S/C12H19N3O/c1-4-5-6-7-13-12(16)8-11-9(2)14-15-10(11)3/h4-5H,6-8H2,1-3H3,(H,13,16)(H,14,15)/b5-4+. The number of aromatic nitrogens is 2. The third-order valence-corrected chi connectivity index (χ3v) is 2.49. The molecule has 0 atom stereocenters. The molecule has 4 nitrogen and oxygen atoms in total. The first-order chi connectivity index (χ1) is 7.65. The fourth-order valence-electron chi connectivity index (χ4n) is 1.52. The summed E-state index contributed by atoms with van der Waals surface area (Å²) in [6.45, 7) is 6.51. The molecule has 0 fully saturated rings. The Morgan fingerprint density at radius 1 is 1.50 bits per heavy atom. The summed E-state index contributed by atoms with van der Waals surface area (Å²) < 4.78 is 0. The zero-order chi connectivity index (χ0) is 12.0. The number of carbonyl (C=O) groups is 1. The van der Waals surface area contributed by atoms with Crippen LogP contribution in [0.1, 0.15) is 30.3 Å². The Balaban J connectivity index is 2.40. The molecule has 2 N–H and O–H groups in total. The molecule has 1 aromatic heterocycles. The molecule has 0 spiro atoms. The smallest absolute Gasteiger partial charge is 0.224 e. The minimum absolute atomic E-state index is 0.0529. The van der Waals surface area contributed by atoms with Gasteiger partial charge in [0.1, 0.15) is 0 Å². The van der Waals surface area contributed by atoms with Crippen LogP contribution in [0.5, 0.6) is 0 Å². The molecule has 0 radical (unpaired) electrons. The van der Waals surface area contributed by atoms with Crippen molar-refractivity contribution in [3.05, 3.63) is 29.1 Å². The van der Waals surface area contributed by atoms with Crippen molar-refractivity contribution >= 4 is 5.91 Å². The summed E-state index contributed by atoms with van der Waals surface area (Å²) in [6.07, 6.45) is 5.31. The van der Waals surface area contributed by atoms with E-state index in [1.165, 1.54) is 0 Å². The van der Waals surface area contributed by atoms with Gasteiger partial charge in [-0.3, -0.25) is 9.89 Å². The Bertz CT molecular complexity index is 360. The van der Waals surface area contributed by atoms with E-state index in [4.69, 9.17) is 0 Å². The Morgan fingerprint density at radius 3 is 2.81 bits per heavy atom. The highest BCUT2D eigenvalue weighted by Crippen LogP contribution is 2.09. The summed E-state index contributed by atoms with van der Waals surface area (Å²) in [4.78, 5) is 11.6. The Hall–Kier alpha value is -1.58. The number of hydrogen-bond donors (Lipinski definition) is 2. The summed E-state index contributed by atoms with van der Waals surface area (Å²) >= 11 is 0. The van der Waals surface area contributed by atoms with Gasteiger partial charge >= 0.3 is 0 Å². The molecule has 0 unspecified atom stereocenters. The average molecular weight is 221 g/mol. The number of carbonyl (C=O) groups excluding carboxylic acids is 1. The van der Waals surface area contributed by atoms with Gasteiger partial charge in [-0.1, -0.05) is 12.2 Å². The van der Waals surface area contributed by atoms with Crippen molar-refractivity contribution in [2.75, 3.05) is 6.54 Å². The van der Waals surface area contributed by atoms with Gasteiger partial charge in [0.25, 0.3) is 0 Å². The fourth-order valence-corrected chi connectivity index (χ4v) is 1.52. The molecular formula is C12H19N3O. The lowest BCUT2D eigenvalue weighted by molar-refractivity contribution is -0.120. The highest BCUT2D eigenvalue weighted by atomic mass is 16.1. The van der Waals surface area contributed by atoms with E-state index in [-0.39, 0.29) is 5.91 Å². The van der Waals surface area contributed by atoms with E-state index in [1.54, 1.807) is 0 Å². The van der Waals surface area contributed by atoms with Gasteiger partial charge in [-0.05, 0) is 27.2 Å². The minimum atomic E-state index is 0.0529. The van der Waals surface area contributed by atoms with E-state index in [9.17, 15) is 4.79 Å². The third kappa shape index (κ3) is 3.53. The zero-order valence-corrected chi connectivity index (χ0v) is 10.1. The second-order valence-corrected chi connectivity index (χ2v) is 3.80. The number of hydrogen-bond acceptors (Lipinski definition) is 2. The molecule has 0 aliphatic carbocycles. The van der Waals surface area contributed by atoms with Gasteiger partial charge in [-0.25, -0.2) is 0 Å². The van der Waals surface area contributed by atoms with Gasteiger partial charge in [0.05, 0.1) is 12.1 Å². The van der Waals surface area contributed by atoms with E-state index in [1.807, 2.05) is 32.9 Å². The second-order valence-electron chi connectivity index (χ2n) is 3.80. The maximum absolute atomic E-state index is 11.6. The number of nitrogens with zero attached hydrogens (tertiary/aromatic N) is 1. The maximum Gasteiger partial charge on any atom is 0.224 e. The summed E-state index contributed by atoms with van der Waals surface area (Å²) in [5, 5.41) is 9.82. The lowest BCUT2D eigenvalue weighted by Gasteiger charge is -2.03. The first kappa shape index (κ1) is 12.5. The van der Waals surface area contributed by atoms with Crippen LogP contribution in [0.3, 0.4) is 0 Å². The van der Waals surface area contributed by atoms with Crippen LogP contribution in [0.25, 0.3) is 0 Å². The van der Waals surface area contributed by atoms with Gasteiger partial charge in [-0.15, -0.1) is 0 Å². The van der Waals surface area contributed by atoms with Crippen molar-refractivity contribution in [2.45, 2.75) is 33.6 Å². The number of aromatic amines is 1. The van der Waals surface area contributed by atoms with Crippen LogP contribution in [0.4, 0.5) is 0 Å². The quantitative estimate of drug-likeness (QED) is 0.586. The predicted molar refractivity (Wildman–Crippen MR) is 64.2 cm³/mol. The highest BCUT2D eigenvalue weighted by Gasteiger charge is 2.10.